The predicted molar refractivity (Wildman–Crippen MR) is 107 cm³/mol. The summed E-state index contributed by atoms with van der Waals surface area (Å²) in [4.78, 5) is 10.8. The number of phenolic OH excluding ortho intramolecular Hbond substituents is 1. The standard InChI is InChI=1S/C15H13I2NO4.ClH/c16-10-7-9(2-3-13(10)19)22-14-4-1-8(5-11(14)17)6-12(18)15(20)21;/h1-5,7,12,19H,6,18H2,(H,20,21);1H. The molecular weight excluding hydrogens is 547 g/mol. The van der Waals surface area contributed by atoms with Crippen LogP contribution in [0.5, 0.6) is 17.2 Å². The van der Waals surface area contributed by atoms with Crippen LogP contribution in [0.25, 0.3) is 0 Å². The van der Waals surface area contributed by atoms with E-state index in [0.29, 0.717) is 15.1 Å². The molecule has 23 heavy (non-hydrogen) atoms. The van der Waals surface area contributed by atoms with Crippen LogP contribution in [0.4, 0.5) is 0 Å². The molecule has 0 bridgehead atoms. The first kappa shape index (κ1) is 20.3. The van der Waals surface area contributed by atoms with Gasteiger partial charge >= 0.3 is 5.97 Å². The van der Waals surface area contributed by atoms with Crippen molar-refractivity contribution in [2.75, 3.05) is 0 Å². The molecule has 0 fully saturated rings. The third-order valence-electron chi connectivity index (χ3n) is 2.92. The minimum atomic E-state index is -1.02. The number of halogens is 3. The largest absolute Gasteiger partial charge is 0.507 e. The van der Waals surface area contributed by atoms with E-state index in [0.717, 1.165) is 9.13 Å². The zero-order chi connectivity index (χ0) is 16.3. The van der Waals surface area contributed by atoms with Gasteiger partial charge in [0.1, 0.15) is 23.3 Å². The molecule has 0 radical (unpaired) electrons. The van der Waals surface area contributed by atoms with Crippen LogP contribution in [-0.2, 0) is 11.2 Å². The van der Waals surface area contributed by atoms with Gasteiger partial charge in [-0.3, -0.25) is 4.79 Å². The maximum atomic E-state index is 10.8. The number of hydrogen-bond acceptors (Lipinski definition) is 4. The highest BCUT2D eigenvalue weighted by Gasteiger charge is 2.13. The lowest BCUT2D eigenvalue weighted by Crippen LogP contribution is -2.32. The molecule has 2 aromatic carbocycles. The number of phenols is 1. The molecule has 0 aliphatic carbocycles. The van der Waals surface area contributed by atoms with Gasteiger partial charge < -0.3 is 20.7 Å². The first-order chi connectivity index (χ1) is 10.4. The van der Waals surface area contributed by atoms with Crippen molar-refractivity contribution in [2.45, 2.75) is 12.5 Å². The molecule has 124 valence electrons. The van der Waals surface area contributed by atoms with Crippen molar-refractivity contribution >= 4 is 63.6 Å². The Kier molecular flexibility index (Phi) is 7.84. The maximum absolute atomic E-state index is 10.8. The van der Waals surface area contributed by atoms with Gasteiger partial charge in [-0.05, 0) is 87.5 Å². The van der Waals surface area contributed by atoms with Crippen molar-refractivity contribution < 1.29 is 19.7 Å². The topological polar surface area (TPSA) is 92.8 Å². The SMILES string of the molecule is Cl.NC(Cc1ccc(Oc2ccc(O)c(I)c2)c(I)c1)C(=O)O. The molecule has 0 aromatic heterocycles. The molecule has 2 rings (SSSR count). The van der Waals surface area contributed by atoms with Gasteiger partial charge in [-0.2, -0.15) is 0 Å². The van der Waals surface area contributed by atoms with Gasteiger partial charge in [-0.25, -0.2) is 0 Å². The molecule has 8 heteroatoms. The highest BCUT2D eigenvalue weighted by atomic mass is 127. The van der Waals surface area contributed by atoms with E-state index in [9.17, 15) is 9.90 Å². The van der Waals surface area contributed by atoms with Gasteiger partial charge in [-0.15, -0.1) is 12.4 Å². The number of aromatic hydroxyl groups is 1. The van der Waals surface area contributed by atoms with E-state index < -0.39 is 12.0 Å². The van der Waals surface area contributed by atoms with E-state index in [1.165, 1.54) is 0 Å². The summed E-state index contributed by atoms with van der Waals surface area (Å²) in [6, 6.07) is 9.51. The Morgan fingerprint density at radius 1 is 1.17 bits per heavy atom. The lowest BCUT2D eigenvalue weighted by atomic mass is 10.1. The van der Waals surface area contributed by atoms with Crippen molar-refractivity contribution in [1.82, 2.24) is 0 Å². The number of hydrogen-bond donors (Lipinski definition) is 3. The fraction of sp³-hybridized carbons (Fsp3) is 0.133. The zero-order valence-corrected chi connectivity index (χ0v) is 16.8. The van der Waals surface area contributed by atoms with Crippen molar-refractivity contribution in [3.63, 3.8) is 0 Å². The van der Waals surface area contributed by atoms with Gasteiger partial charge in [-0.1, -0.05) is 6.07 Å². The molecular formula is C15H14ClI2NO4. The Hall–Kier alpha value is -0.780. The van der Waals surface area contributed by atoms with Crippen LogP contribution in [0.15, 0.2) is 36.4 Å². The van der Waals surface area contributed by atoms with E-state index in [1.54, 1.807) is 30.3 Å². The first-order valence-electron chi connectivity index (χ1n) is 6.30. The second-order valence-electron chi connectivity index (χ2n) is 4.63. The Morgan fingerprint density at radius 2 is 1.87 bits per heavy atom. The van der Waals surface area contributed by atoms with Crippen molar-refractivity contribution in [3.8, 4) is 17.2 Å². The summed E-state index contributed by atoms with van der Waals surface area (Å²) in [6.45, 7) is 0. The molecule has 1 unspecified atom stereocenters. The number of ether oxygens (including phenoxy) is 1. The third-order valence-corrected chi connectivity index (χ3v) is 4.62. The van der Waals surface area contributed by atoms with Crippen LogP contribution in [-0.4, -0.2) is 22.2 Å². The highest BCUT2D eigenvalue weighted by molar-refractivity contribution is 14.1. The van der Waals surface area contributed by atoms with Crippen LogP contribution < -0.4 is 10.5 Å². The number of carboxylic acid groups (broad SMARTS) is 1. The molecule has 0 spiro atoms. The molecule has 0 heterocycles. The smallest absolute Gasteiger partial charge is 0.320 e. The third kappa shape index (κ3) is 5.66. The van der Waals surface area contributed by atoms with Gasteiger partial charge in [0.2, 0.25) is 0 Å². The number of carboxylic acids is 1. The molecule has 0 aliphatic rings. The summed E-state index contributed by atoms with van der Waals surface area (Å²) >= 11 is 4.15. The average Bonchev–Trinajstić information content (AvgIpc) is 2.45. The molecule has 2 aromatic rings. The van der Waals surface area contributed by atoms with Crippen LogP contribution in [0.2, 0.25) is 0 Å². The lowest BCUT2D eigenvalue weighted by molar-refractivity contribution is -0.138. The van der Waals surface area contributed by atoms with Gasteiger partial charge in [0.05, 0.1) is 7.14 Å². The number of rotatable bonds is 5. The highest BCUT2D eigenvalue weighted by Crippen LogP contribution is 2.31. The quantitative estimate of drug-likeness (QED) is 0.484. The number of carbonyl (C=O) groups is 1. The zero-order valence-electron chi connectivity index (χ0n) is 11.7. The molecule has 5 nitrogen and oxygen atoms in total. The second-order valence-corrected chi connectivity index (χ2v) is 6.95. The molecule has 0 saturated heterocycles. The summed E-state index contributed by atoms with van der Waals surface area (Å²) < 4.78 is 7.34. The first-order valence-corrected chi connectivity index (χ1v) is 8.45. The fourth-order valence-corrected chi connectivity index (χ4v) is 2.95. The van der Waals surface area contributed by atoms with Gasteiger partial charge in [0.25, 0.3) is 0 Å². The Balaban J connectivity index is 0.00000264. The minimum absolute atomic E-state index is 0. The van der Waals surface area contributed by atoms with Crippen molar-refractivity contribution in [1.29, 1.82) is 0 Å². The number of benzene rings is 2. The van der Waals surface area contributed by atoms with Crippen LogP contribution in [0.3, 0.4) is 0 Å². The lowest BCUT2D eigenvalue weighted by Gasteiger charge is -2.11. The predicted octanol–water partition coefficient (Wildman–Crippen LogP) is 3.77. The molecule has 0 aliphatic heterocycles. The van der Waals surface area contributed by atoms with E-state index in [4.69, 9.17) is 15.6 Å². The summed E-state index contributed by atoms with van der Waals surface area (Å²) in [6.07, 6.45) is 0.267. The second kappa shape index (κ2) is 8.90. The fourth-order valence-electron chi connectivity index (χ4n) is 1.77. The Morgan fingerprint density at radius 3 is 2.43 bits per heavy atom. The van der Waals surface area contributed by atoms with Crippen LogP contribution >= 0.6 is 57.6 Å². The minimum Gasteiger partial charge on any atom is -0.507 e. The molecule has 0 amide bonds. The number of nitrogens with two attached hydrogens (primary N) is 1. The normalized spacial score (nSPS) is 11.4. The summed E-state index contributed by atoms with van der Waals surface area (Å²) in [5.41, 5.74) is 6.37. The summed E-state index contributed by atoms with van der Waals surface area (Å²) in [7, 11) is 0. The summed E-state index contributed by atoms with van der Waals surface area (Å²) in [5.74, 6) is 0.472. The molecule has 0 saturated carbocycles. The van der Waals surface area contributed by atoms with Crippen molar-refractivity contribution in [2.24, 2.45) is 5.73 Å². The van der Waals surface area contributed by atoms with Gasteiger partial charge in [0, 0.05) is 0 Å². The van der Waals surface area contributed by atoms with E-state index >= 15 is 0 Å². The maximum Gasteiger partial charge on any atom is 0.320 e. The van der Waals surface area contributed by atoms with E-state index in [1.807, 2.05) is 28.7 Å². The molecule has 4 N–H and O–H groups in total. The number of aliphatic carboxylic acids is 1. The average molecular weight is 562 g/mol. The van der Waals surface area contributed by atoms with Crippen LogP contribution in [0, 0.1) is 7.14 Å². The van der Waals surface area contributed by atoms with E-state index in [-0.39, 0.29) is 24.6 Å². The van der Waals surface area contributed by atoms with Crippen LogP contribution in [0.1, 0.15) is 5.56 Å². The summed E-state index contributed by atoms with van der Waals surface area (Å²) in [5, 5.41) is 18.3. The Labute approximate surface area is 166 Å². The van der Waals surface area contributed by atoms with Crippen molar-refractivity contribution in [3.05, 3.63) is 49.1 Å². The monoisotopic (exact) mass is 561 g/mol. The van der Waals surface area contributed by atoms with E-state index in [2.05, 4.69) is 22.6 Å². The molecule has 1 atom stereocenters. The van der Waals surface area contributed by atoms with Gasteiger partial charge in [0.15, 0.2) is 0 Å². The Bertz CT molecular complexity index is 712.